The average molecular weight is 241 g/mol. The van der Waals surface area contributed by atoms with E-state index in [1.807, 2.05) is 0 Å². The molecule has 0 bridgehead atoms. The first-order valence-electron chi connectivity index (χ1n) is 6.95. The third-order valence-electron chi connectivity index (χ3n) is 3.44. The molecule has 96 valence electrons. The van der Waals surface area contributed by atoms with Gasteiger partial charge in [-0.25, -0.2) is 0 Å². The summed E-state index contributed by atoms with van der Waals surface area (Å²) in [7, 11) is 0. The van der Waals surface area contributed by atoms with Crippen LogP contribution in [0.1, 0.15) is 38.8 Å². The highest BCUT2D eigenvalue weighted by atomic mass is 14.9. The molecule has 0 spiro atoms. The van der Waals surface area contributed by atoms with Crippen molar-refractivity contribution >= 4 is 10.8 Å². The zero-order chi connectivity index (χ0) is 13.0. The maximum atomic E-state index is 3.68. The molecule has 0 heterocycles. The molecule has 0 radical (unpaired) electrons. The minimum atomic E-state index is 0.441. The molecule has 2 aromatic rings. The van der Waals surface area contributed by atoms with Crippen LogP contribution in [-0.2, 0) is 0 Å². The van der Waals surface area contributed by atoms with Gasteiger partial charge in [-0.3, -0.25) is 0 Å². The predicted octanol–water partition coefficient (Wildman–Crippen LogP) is 4.54. The van der Waals surface area contributed by atoms with Crippen molar-refractivity contribution in [3.05, 3.63) is 48.0 Å². The van der Waals surface area contributed by atoms with Gasteiger partial charge in [0, 0.05) is 6.04 Å². The van der Waals surface area contributed by atoms with E-state index < -0.39 is 0 Å². The molecular formula is C17H23N. The molecule has 1 unspecified atom stereocenters. The quantitative estimate of drug-likeness (QED) is 0.810. The van der Waals surface area contributed by atoms with E-state index in [-0.39, 0.29) is 0 Å². The van der Waals surface area contributed by atoms with Gasteiger partial charge in [0.2, 0.25) is 0 Å². The lowest BCUT2D eigenvalue weighted by atomic mass is 9.91. The topological polar surface area (TPSA) is 12.0 Å². The summed E-state index contributed by atoms with van der Waals surface area (Å²) < 4.78 is 0. The summed E-state index contributed by atoms with van der Waals surface area (Å²) >= 11 is 0. The van der Waals surface area contributed by atoms with Crippen molar-refractivity contribution in [3.63, 3.8) is 0 Å². The summed E-state index contributed by atoms with van der Waals surface area (Å²) in [5, 5.41) is 6.39. The number of hydrogen-bond acceptors (Lipinski definition) is 1. The first-order chi connectivity index (χ1) is 8.74. The Labute approximate surface area is 110 Å². The smallest absolute Gasteiger partial charge is 0.0349 e. The molecule has 0 aliphatic heterocycles. The van der Waals surface area contributed by atoms with Gasteiger partial charge < -0.3 is 5.32 Å². The second-order valence-corrected chi connectivity index (χ2v) is 5.24. The zero-order valence-corrected chi connectivity index (χ0v) is 11.6. The summed E-state index contributed by atoms with van der Waals surface area (Å²) in [5.41, 5.74) is 1.43. The lowest BCUT2D eigenvalue weighted by Crippen LogP contribution is -2.26. The summed E-state index contributed by atoms with van der Waals surface area (Å²) in [6.45, 7) is 7.86. The van der Waals surface area contributed by atoms with Crippen LogP contribution in [0.3, 0.4) is 0 Å². The van der Waals surface area contributed by atoms with Gasteiger partial charge >= 0.3 is 0 Å². The molecule has 0 aliphatic carbocycles. The fourth-order valence-electron chi connectivity index (χ4n) is 2.53. The van der Waals surface area contributed by atoms with E-state index in [0.717, 1.165) is 6.54 Å². The van der Waals surface area contributed by atoms with Crippen molar-refractivity contribution in [2.75, 3.05) is 6.54 Å². The Hall–Kier alpha value is -1.34. The lowest BCUT2D eigenvalue weighted by Gasteiger charge is -2.24. The molecule has 1 atom stereocenters. The fourth-order valence-corrected chi connectivity index (χ4v) is 2.53. The van der Waals surface area contributed by atoms with Crippen LogP contribution in [0.2, 0.25) is 0 Å². The van der Waals surface area contributed by atoms with Crippen molar-refractivity contribution in [1.29, 1.82) is 0 Å². The molecule has 18 heavy (non-hydrogen) atoms. The molecule has 1 nitrogen and oxygen atoms in total. The van der Waals surface area contributed by atoms with Gasteiger partial charge in [-0.1, -0.05) is 63.2 Å². The van der Waals surface area contributed by atoms with Gasteiger partial charge in [-0.2, -0.15) is 0 Å². The molecule has 2 aromatic carbocycles. The standard InChI is InChI=1S/C17H23N/c1-4-12-18-17(13(2)3)16-11-7-9-14-8-5-6-10-15(14)16/h5-11,13,17-18H,4,12H2,1-3H3. The number of nitrogens with one attached hydrogen (secondary N) is 1. The van der Waals surface area contributed by atoms with Gasteiger partial charge in [0.1, 0.15) is 0 Å². The van der Waals surface area contributed by atoms with Gasteiger partial charge in [0.25, 0.3) is 0 Å². The number of rotatable bonds is 5. The second kappa shape index (κ2) is 6.01. The van der Waals surface area contributed by atoms with Crippen LogP contribution in [0, 0.1) is 5.92 Å². The fraction of sp³-hybridized carbons (Fsp3) is 0.412. The highest BCUT2D eigenvalue weighted by Gasteiger charge is 2.16. The summed E-state index contributed by atoms with van der Waals surface area (Å²) in [6.07, 6.45) is 1.17. The zero-order valence-electron chi connectivity index (χ0n) is 11.6. The van der Waals surface area contributed by atoms with E-state index in [4.69, 9.17) is 0 Å². The molecule has 0 amide bonds. The Bertz CT molecular complexity index is 496. The van der Waals surface area contributed by atoms with Crippen molar-refractivity contribution in [1.82, 2.24) is 5.32 Å². The van der Waals surface area contributed by atoms with Crippen molar-refractivity contribution in [2.24, 2.45) is 5.92 Å². The van der Waals surface area contributed by atoms with Crippen LogP contribution in [0.25, 0.3) is 10.8 Å². The third kappa shape index (κ3) is 2.73. The SMILES string of the molecule is CCCNC(c1cccc2ccccc12)C(C)C. The monoisotopic (exact) mass is 241 g/mol. The normalized spacial score (nSPS) is 13.1. The molecular weight excluding hydrogens is 218 g/mol. The minimum Gasteiger partial charge on any atom is -0.310 e. The van der Waals surface area contributed by atoms with Crippen LogP contribution in [0.15, 0.2) is 42.5 Å². The average Bonchev–Trinajstić information content (AvgIpc) is 2.39. The summed E-state index contributed by atoms with van der Waals surface area (Å²) in [6, 6.07) is 15.7. The van der Waals surface area contributed by atoms with Crippen LogP contribution in [-0.4, -0.2) is 6.54 Å². The summed E-state index contributed by atoms with van der Waals surface area (Å²) in [4.78, 5) is 0. The van der Waals surface area contributed by atoms with Gasteiger partial charge in [0.15, 0.2) is 0 Å². The third-order valence-corrected chi connectivity index (χ3v) is 3.44. The van der Waals surface area contributed by atoms with Crippen LogP contribution >= 0.6 is 0 Å². The second-order valence-electron chi connectivity index (χ2n) is 5.24. The van der Waals surface area contributed by atoms with Crippen molar-refractivity contribution in [2.45, 2.75) is 33.2 Å². The van der Waals surface area contributed by atoms with Gasteiger partial charge in [-0.15, -0.1) is 0 Å². The predicted molar refractivity (Wildman–Crippen MR) is 79.8 cm³/mol. The Morgan fingerprint density at radius 1 is 1.00 bits per heavy atom. The Balaban J connectivity index is 2.43. The molecule has 0 aromatic heterocycles. The molecule has 0 saturated carbocycles. The Morgan fingerprint density at radius 2 is 1.72 bits per heavy atom. The molecule has 2 rings (SSSR count). The van der Waals surface area contributed by atoms with Crippen LogP contribution in [0.4, 0.5) is 0 Å². The number of hydrogen-bond donors (Lipinski definition) is 1. The van der Waals surface area contributed by atoms with Gasteiger partial charge in [0.05, 0.1) is 0 Å². The number of fused-ring (bicyclic) bond motifs is 1. The molecule has 1 N–H and O–H groups in total. The van der Waals surface area contributed by atoms with E-state index in [9.17, 15) is 0 Å². The maximum Gasteiger partial charge on any atom is 0.0349 e. The van der Waals surface area contributed by atoms with Crippen molar-refractivity contribution in [3.8, 4) is 0 Å². The first-order valence-corrected chi connectivity index (χ1v) is 6.95. The van der Waals surface area contributed by atoms with E-state index in [2.05, 4.69) is 68.6 Å². The Kier molecular flexibility index (Phi) is 4.38. The lowest BCUT2D eigenvalue weighted by molar-refractivity contribution is 0.415. The minimum absolute atomic E-state index is 0.441. The van der Waals surface area contributed by atoms with E-state index >= 15 is 0 Å². The largest absolute Gasteiger partial charge is 0.310 e. The van der Waals surface area contributed by atoms with Crippen LogP contribution < -0.4 is 5.32 Å². The molecule has 0 saturated heterocycles. The van der Waals surface area contributed by atoms with Crippen molar-refractivity contribution < 1.29 is 0 Å². The van der Waals surface area contributed by atoms with E-state index in [1.54, 1.807) is 0 Å². The first kappa shape index (κ1) is 13.1. The number of benzene rings is 2. The molecule has 1 heteroatoms. The molecule has 0 aliphatic rings. The maximum absolute atomic E-state index is 3.68. The van der Waals surface area contributed by atoms with E-state index in [1.165, 1.54) is 22.8 Å². The van der Waals surface area contributed by atoms with Crippen LogP contribution in [0.5, 0.6) is 0 Å². The highest BCUT2D eigenvalue weighted by molar-refractivity contribution is 5.86. The molecule has 0 fully saturated rings. The Morgan fingerprint density at radius 3 is 2.44 bits per heavy atom. The highest BCUT2D eigenvalue weighted by Crippen LogP contribution is 2.28. The van der Waals surface area contributed by atoms with Gasteiger partial charge in [-0.05, 0) is 35.2 Å². The van der Waals surface area contributed by atoms with E-state index in [0.29, 0.717) is 12.0 Å². The summed E-state index contributed by atoms with van der Waals surface area (Å²) in [5.74, 6) is 0.599.